The fourth-order valence-corrected chi connectivity index (χ4v) is 1.27. The van der Waals surface area contributed by atoms with Crippen molar-refractivity contribution in [2.24, 2.45) is 0 Å². The fourth-order valence-electron chi connectivity index (χ4n) is 1.27. The Morgan fingerprint density at radius 3 is 2.44 bits per heavy atom. The third-order valence-electron chi connectivity index (χ3n) is 2.08. The second kappa shape index (κ2) is 4.74. The van der Waals surface area contributed by atoms with Crippen molar-refractivity contribution < 1.29 is 18.7 Å². The number of hydrogen-bond donors (Lipinski definition) is 2. The van der Waals surface area contributed by atoms with Crippen molar-refractivity contribution in [1.82, 2.24) is 9.97 Å². The number of rotatable bonds is 3. The number of aromatic carboxylic acids is 1. The largest absolute Gasteiger partial charge is 0.478 e. The Balaban J connectivity index is 2.22. The third-order valence-corrected chi connectivity index (χ3v) is 2.08. The van der Waals surface area contributed by atoms with Crippen LogP contribution < -0.4 is 5.32 Å². The molecule has 0 aliphatic carbocycles. The highest BCUT2D eigenvalue weighted by molar-refractivity contribution is 5.88. The number of hydrogen-bond acceptors (Lipinski definition) is 4. The van der Waals surface area contributed by atoms with Crippen LogP contribution in [-0.2, 0) is 0 Å². The van der Waals surface area contributed by atoms with Crippen molar-refractivity contribution in [3.8, 4) is 0 Å². The molecular formula is C11H7F2N3O2. The SMILES string of the molecule is O=C(O)c1ccc(Nc2ncc(F)cn2)cc1F. The first-order chi connectivity index (χ1) is 8.56. The molecule has 0 amide bonds. The monoisotopic (exact) mass is 251 g/mol. The first-order valence-electron chi connectivity index (χ1n) is 4.83. The first kappa shape index (κ1) is 11.9. The summed E-state index contributed by atoms with van der Waals surface area (Å²) in [7, 11) is 0. The van der Waals surface area contributed by atoms with Crippen molar-refractivity contribution in [2.75, 3.05) is 5.32 Å². The molecule has 2 rings (SSSR count). The molecule has 0 unspecified atom stereocenters. The summed E-state index contributed by atoms with van der Waals surface area (Å²) in [4.78, 5) is 17.9. The molecule has 7 heteroatoms. The van der Waals surface area contributed by atoms with Crippen LogP contribution >= 0.6 is 0 Å². The van der Waals surface area contributed by atoms with E-state index in [0.717, 1.165) is 24.5 Å². The van der Waals surface area contributed by atoms with Crippen molar-refractivity contribution in [3.05, 3.63) is 47.8 Å². The van der Waals surface area contributed by atoms with Crippen molar-refractivity contribution in [3.63, 3.8) is 0 Å². The van der Waals surface area contributed by atoms with Gasteiger partial charge in [-0.3, -0.25) is 0 Å². The molecule has 18 heavy (non-hydrogen) atoms. The molecule has 5 nitrogen and oxygen atoms in total. The number of carbonyl (C=O) groups is 1. The lowest BCUT2D eigenvalue weighted by molar-refractivity contribution is 0.0692. The molecule has 0 saturated carbocycles. The van der Waals surface area contributed by atoms with Gasteiger partial charge in [0.05, 0.1) is 18.0 Å². The van der Waals surface area contributed by atoms with Gasteiger partial charge in [0.2, 0.25) is 5.95 Å². The van der Waals surface area contributed by atoms with Crippen LogP contribution in [0.2, 0.25) is 0 Å². The normalized spacial score (nSPS) is 10.1. The number of benzene rings is 1. The summed E-state index contributed by atoms with van der Waals surface area (Å²) in [6.07, 6.45) is 1.91. The Kier molecular flexibility index (Phi) is 3.13. The van der Waals surface area contributed by atoms with Gasteiger partial charge >= 0.3 is 5.97 Å². The molecule has 1 aromatic heterocycles. The van der Waals surface area contributed by atoms with Crippen LogP contribution in [0.4, 0.5) is 20.4 Å². The predicted molar refractivity (Wildman–Crippen MR) is 58.6 cm³/mol. The topological polar surface area (TPSA) is 75.1 Å². The minimum Gasteiger partial charge on any atom is -0.478 e. The quantitative estimate of drug-likeness (QED) is 0.874. The second-order valence-corrected chi connectivity index (χ2v) is 3.35. The molecule has 0 bridgehead atoms. The summed E-state index contributed by atoms with van der Waals surface area (Å²) in [5.74, 6) is -2.74. The standard InChI is InChI=1S/C11H7F2N3O2/c12-6-4-14-11(15-5-6)16-7-1-2-8(10(17)18)9(13)3-7/h1-5H,(H,17,18)(H,14,15,16). The van der Waals surface area contributed by atoms with Crippen molar-refractivity contribution >= 4 is 17.6 Å². The molecule has 0 fully saturated rings. The number of carboxylic acids is 1. The van der Waals surface area contributed by atoms with Crippen LogP contribution in [0.5, 0.6) is 0 Å². The molecule has 0 radical (unpaired) electrons. The van der Waals surface area contributed by atoms with E-state index in [1.165, 1.54) is 6.07 Å². The number of nitrogens with one attached hydrogen (secondary N) is 1. The van der Waals surface area contributed by atoms with E-state index >= 15 is 0 Å². The molecule has 1 heterocycles. The minimum atomic E-state index is -1.35. The van der Waals surface area contributed by atoms with E-state index in [0.29, 0.717) is 0 Å². The maximum atomic E-state index is 13.3. The van der Waals surface area contributed by atoms with Gasteiger partial charge in [0.15, 0.2) is 5.82 Å². The zero-order valence-electron chi connectivity index (χ0n) is 8.89. The van der Waals surface area contributed by atoms with Crippen LogP contribution in [0.15, 0.2) is 30.6 Å². The summed E-state index contributed by atoms with van der Waals surface area (Å²) in [5, 5.41) is 11.3. The summed E-state index contributed by atoms with van der Waals surface area (Å²) in [6, 6.07) is 3.47. The zero-order chi connectivity index (χ0) is 13.1. The Morgan fingerprint density at radius 2 is 1.89 bits per heavy atom. The highest BCUT2D eigenvalue weighted by atomic mass is 19.1. The average molecular weight is 251 g/mol. The molecule has 1 aromatic carbocycles. The van der Waals surface area contributed by atoms with Gasteiger partial charge in [0.1, 0.15) is 5.82 Å². The van der Waals surface area contributed by atoms with Gasteiger partial charge in [0, 0.05) is 5.69 Å². The second-order valence-electron chi connectivity index (χ2n) is 3.35. The lowest BCUT2D eigenvalue weighted by atomic mass is 10.2. The van der Waals surface area contributed by atoms with E-state index < -0.39 is 23.2 Å². The Morgan fingerprint density at radius 1 is 1.22 bits per heavy atom. The molecule has 0 aliphatic heterocycles. The van der Waals surface area contributed by atoms with Gasteiger partial charge in [-0.15, -0.1) is 0 Å². The molecular weight excluding hydrogens is 244 g/mol. The average Bonchev–Trinajstić information content (AvgIpc) is 2.32. The highest BCUT2D eigenvalue weighted by Crippen LogP contribution is 2.17. The van der Waals surface area contributed by atoms with Gasteiger partial charge in [-0.05, 0) is 18.2 Å². The lowest BCUT2D eigenvalue weighted by Crippen LogP contribution is -2.02. The molecule has 0 aliphatic rings. The molecule has 0 spiro atoms. The van der Waals surface area contributed by atoms with Gasteiger partial charge in [-0.1, -0.05) is 0 Å². The van der Waals surface area contributed by atoms with Gasteiger partial charge in [-0.25, -0.2) is 23.5 Å². The van der Waals surface area contributed by atoms with Gasteiger partial charge < -0.3 is 10.4 Å². The summed E-state index contributed by atoms with van der Waals surface area (Å²) >= 11 is 0. The molecule has 92 valence electrons. The maximum absolute atomic E-state index is 13.3. The van der Waals surface area contributed by atoms with Crippen LogP contribution in [0.1, 0.15) is 10.4 Å². The number of halogens is 2. The van der Waals surface area contributed by atoms with Crippen LogP contribution in [0, 0.1) is 11.6 Å². The van der Waals surface area contributed by atoms with Crippen molar-refractivity contribution in [2.45, 2.75) is 0 Å². The van der Waals surface area contributed by atoms with Crippen LogP contribution in [0.3, 0.4) is 0 Å². The summed E-state index contributed by atoms with van der Waals surface area (Å²) in [5.41, 5.74) is -0.162. The van der Waals surface area contributed by atoms with E-state index in [4.69, 9.17) is 5.11 Å². The number of carboxylic acid groups (broad SMARTS) is 1. The van der Waals surface area contributed by atoms with E-state index in [-0.39, 0.29) is 11.6 Å². The molecule has 2 aromatic rings. The minimum absolute atomic E-state index is 0.0823. The number of nitrogens with zero attached hydrogens (tertiary/aromatic N) is 2. The molecule has 0 saturated heterocycles. The Bertz CT molecular complexity index is 587. The lowest BCUT2D eigenvalue weighted by Gasteiger charge is -2.05. The Hall–Kier alpha value is -2.57. The molecule has 2 N–H and O–H groups in total. The summed E-state index contributed by atoms with van der Waals surface area (Å²) in [6.45, 7) is 0. The predicted octanol–water partition coefficient (Wildman–Crippen LogP) is 2.20. The van der Waals surface area contributed by atoms with Gasteiger partial charge in [-0.2, -0.15) is 0 Å². The van der Waals surface area contributed by atoms with Crippen LogP contribution in [0.25, 0.3) is 0 Å². The van der Waals surface area contributed by atoms with E-state index in [9.17, 15) is 13.6 Å². The highest BCUT2D eigenvalue weighted by Gasteiger charge is 2.10. The van der Waals surface area contributed by atoms with Gasteiger partial charge in [0.25, 0.3) is 0 Å². The van der Waals surface area contributed by atoms with Crippen molar-refractivity contribution in [1.29, 1.82) is 0 Å². The first-order valence-corrected chi connectivity index (χ1v) is 4.83. The third kappa shape index (κ3) is 2.57. The number of aromatic nitrogens is 2. The Labute approximate surface area is 100 Å². The zero-order valence-corrected chi connectivity index (χ0v) is 8.89. The molecule has 0 atom stereocenters. The van der Waals surface area contributed by atoms with E-state index in [1.54, 1.807) is 0 Å². The fraction of sp³-hybridized carbons (Fsp3) is 0. The summed E-state index contributed by atoms with van der Waals surface area (Å²) < 4.78 is 25.9. The van der Waals surface area contributed by atoms with E-state index in [1.807, 2.05) is 0 Å². The smallest absolute Gasteiger partial charge is 0.338 e. The van der Waals surface area contributed by atoms with Crippen LogP contribution in [-0.4, -0.2) is 21.0 Å². The van der Waals surface area contributed by atoms with E-state index in [2.05, 4.69) is 15.3 Å². The number of anilines is 2. The maximum Gasteiger partial charge on any atom is 0.338 e.